The van der Waals surface area contributed by atoms with Gasteiger partial charge < -0.3 is 4.90 Å². The Morgan fingerprint density at radius 3 is 2.45 bits per heavy atom. The molecule has 110 valence electrons. The van der Waals surface area contributed by atoms with E-state index < -0.39 is 10.0 Å². The number of anilines is 1. The number of carbonyl (C=O) groups excluding carboxylic acids is 1. The van der Waals surface area contributed by atoms with Crippen LogP contribution in [0.3, 0.4) is 0 Å². The van der Waals surface area contributed by atoms with Crippen LogP contribution in [0.5, 0.6) is 0 Å². The molecule has 2 heterocycles. The fourth-order valence-corrected chi connectivity index (χ4v) is 4.56. The molecule has 0 unspecified atom stereocenters. The van der Waals surface area contributed by atoms with Crippen LogP contribution in [0.4, 0.5) is 5.13 Å². The van der Waals surface area contributed by atoms with Crippen molar-refractivity contribution in [1.82, 2.24) is 9.29 Å². The van der Waals surface area contributed by atoms with Gasteiger partial charge >= 0.3 is 0 Å². The van der Waals surface area contributed by atoms with Crippen molar-refractivity contribution < 1.29 is 13.2 Å². The summed E-state index contributed by atoms with van der Waals surface area (Å²) in [6, 6.07) is 0. The third-order valence-corrected chi connectivity index (χ3v) is 6.24. The van der Waals surface area contributed by atoms with Gasteiger partial charge in [0.1, 0.15) is 0 Å². The average molecular weight is 315 g/mol. The number of piperazine rings is 1. The third-order valence-electron chi connectivity index (χ3n) is 3.73. The molecule has 6 nitrogen and oxygen atoms in total. The Labute approximate surface area is 122 Å². The van der Waals surface area contributed by atoms with E-state index in [1.54, 1.807) is 0 Å². The Hall–Kier alpha value is -0.990. The van der Waals surface area contributed by atoms with Crippen LogP contribution < -0.4 is 4.90 Å². The number of hydrogen-bond acceptors (Lipinski definition) is 6. The quantitative estimate of drug-likeness (QED) is 0.805. The van der Waals surface area contributed by atoms with E-state index in [1.807, 2.05) is 0 Å². The lowest BCUT2D eigenvalue weighted by Gasteiger charge is -2.32. The van der Waals surface area contributed by atoms with Gasteiger partial charge in [0.15, 0.2) is 10.9 Å². The molecule has 0 N–H and O–H groups in total. The van der Waals surface area contributed by atoms with E-state index in [9.17, 15) is 13.2 Å². The summed E-state index contributed by atoms with van der Waals surface area (Å²) < 4.78 is 24.5. The van der Waals surface area contributed by atoms with Gasteiger partial charge in [-0.2, -0.15) is 4.31 Å². The van der Waals surface area contributed by atoms with Crippen LogP contribution in [-0.2, 0) is 16.4 Å². The predicted molar refractivity (Wildman–Crippen MR) is 78.0 cm³/mol. The van der Waals surface area contributed by atoms with E-state index in [0.29, 0.717) is 32.6 Å². The number of sulfonamides is 1. The van der Waals surface area contributed by atoms with Crippen LogP contribution >= 0.6 is 11.3 Å². The van der Waals surface area contributed by atoms with E-state index in [4.69, 9.17) is 0 Å². The molecule has 0 saturated carbocycles. The molecule has 1 aromatic heterocycles. The SMILES string of the molecule is CS(=O)(=O)N1CCN(c2nc3c(s2)C(=O)CCC3)CC1. The lowest BCUT2D eigenvalue weighted by atomic mass is 10.0. The number of Topliss-reactive ketones (excluding diaryl/α,β-unsaturated/α-hetero) is 1. The summed E-state index contributed by atoms with van der Waals surface area (Å²) >= 11 is 1.46. The number of nitrogens with zero attached hydrogens (tertiary/aromatic N) is 3. The summed E-state index contributed by atoms with van der Waals surface area (Å²) in [6.45, 7) is 2.23. The van der Waals surface area contributed by atoms with Crippen molar-refractivity contribution in [1.29, 1.82) is 0 Å². The monoisotopic (exact) mass is 315 g/mol. The van der Waals surface area contributed by atoms with Gasteiger partial charge in [0.2, 0.25) is 10.0 Å². The van der Waals surface area contributed by atoms with Crippen LogP contribution in [0, 0.1) is 0 Å². The first-order chi connectivity index (χ1) is 9.45. The predicted octanol–water partition coefficient (Wildman–Crippen LogP) is 0.744. The zero-order valence-electron chi connectivity index (χ0n) is 11.3. The Bertz CT molecular complexity index is 630. The van der Waals surface area contributed by atoms with Crippen LogP contribution in [0.25, 0.3) is 0 Å². The molecular weight excluding hydrogens is 298 g/mol. The molecule has 1 aromatic rings. The minimum Gasteiger partial charge on any atom is -0.345 e. The lowest BCUT2D eigenvalue weighted by Crippen LogP contribution is -2.48. The molecule has 0 atom stereocenters. The molecule has 1 aliphatic carbocycles. The first-order valence-electron chi connectivity index (χ1n) is 6.68. The molecule has 0 bridgehead atoms. The molecular formula is C12H17N3O3S2. The maximum atomic E-state index is 11.8. The molecule has 0 amide bonds. The largest absolute Gasteiger partial charge is 0.345 e. The zero-order valence-corrected chi connectivity index (χ0v) is 13.0. The Morgan fingerprint density at radius 1 is 1.15 bits per heavy atom. The van der Waals surface area contributed by atoms with E-state index in [0.717, 1.165) is 28.5 Å². The second-order valence-corrected chi connectivity index (χ2v) is 8.16. The fourth-order valence-electron chi connectivity index (χ4n) is 2.60. The number of thiazole rings is 1. The molecule has 1 aliphatic heterocycles. The second-order valence-electron chi connectivity index (χ2n) is 5.20. The Morgan fingerprint density at radius 2 is 1.85 bits per heavy atom. The molecule has 0 spiro atoms. The Kier molecular flexibility index (Phi) is 3.55. The summed E-state index contributed by atoms with van der Waals surface area (Å²) in [7, 11) is -3.11. The van der Waals surface area contributed by atoms with Gasteiger partial charge in [0.25, 0.3) is 0 Å². The van der Waals surface area contributed by atoms with Gasteiger partial charge in [-0.15, -0.1) is 0 Å². The van der Waals surface area contributed by atoms with Crippen molar-refractivity contribution in [3.05, 3.63) is 10.6 Å². The standard InChI is InChI=1S/C12H17N3O3S2/c1-20(17,18)15-7-5-14(6-8-15)12-13-9-3-2-4-10(16)11(9)19-12/h2-8H2,1H3. The van der Waals surface area contributed by atoms with E-state index in [-0.39, 0.29) is 5.78 Å². The summed E-state index contributed by atoms with van der Waals surface area (Å²) in [5.41, 5.74) is 0.923. The van der Waals surface area contributed by atoms with Crippen molar-refractivity contribution in [2.75, 3.05) is 37.3 Å². The van der Waals surface area contributed by atoms with Gasteiger partial charge in [-0.1, -0.05) is 11.3 Å². The number of carbonyl (C=O) groups is 1. The van der Waals surface area contributed by atoms with Crippen molar-refractivity contribution in [2.45, 2.75) is 19.3 Å². The summed E-state index contributed by atoms with van der Waals surface area (Å²) in [6.07, 6.45) is 3.62. The molecule has 8 heteroatoms. The molecule has 20 heavy (non-hydrogen) atoms. The highest BCUT2D eigenvalue weighted by Crippen LogP contribution is 2.32. The maximum Gasteiger partial charge on any atom is 0.211 e. The summed E-state index contributed by atoms with van der Waals surface area (Å²) in [5.74, 6) is 0.199. The van der Waals surface area contributed by atoms with Crippen molar-refractivity contribution in [3.8, 4) is 0 Å². The smallest absolute Gasteiger partial charge is 0.211 e. The van der Waals surface area contributed by atoms with Crippen molar-refractivity contribution in [2.24, 2.45) is 0 Å². The maximum absolute atomic E-state index is 11.8. The highest BCUT2D eigenvalue weighted by molar-refractivity contribution is 7.88. The van der Waals surface area contributed by atoms with Crippen molar-refractivity contribution >= 4 is 32.3 Å². The first kappa shape index (κ1) is 14.0. The fraction of sp³-hybridized carbons (Fsp3) is 0.667. The van der Waals surface area contributed by atoms with Gasteiger partial charge in [-0.05, 0) is 12.8 Å². The van der Waals surface area contributed by atoms with Crippen LogP contribution in [0.2, 0.25) is 0 Å². The van der Waals surface area contributed by atoms with Gasteiger partial charge in [-0.3, -0.25) is 4.79 Å². The number of aryl methyl sites for hydroxylation is 1. The highest BCUT2D eigenvalue weighted by Gasteiger charge is 2.28. The molecule has 0 radical (unpaired) electrons. The lowest BCUT2D eigenvalue weighted by molar-refractivity contribution is 0.0976. The first-order valence-corrected chi connectivity index (χ1v) is 9.34. The number of fused-ring (bicyclic) bond motifs is 1. The molecule has 3 rings (SSSR count). The minimum absolute atomic E-state index is 0.199. The summed E-state index contributed by atoms with van der Waals surface area (Å²) in [4.78, 5) is 19.3. The normalized spacial score (nSPS) is 21.1. The van der Waals surface area contributed by atoms with Crippen LogP contribution in [-0.4, -0.2) is 55.9 Å². The minimum atomic E-state index is -3.11. The summed E-state index contributed by atoms with van der Waals surface area (Å²) in [5, 5.41) is 0.860. The third kappa shape index (κ3) is 2.59. The topological polar surface area (TPSA) is 70.6 Å². The van der Waals surface area contributed by atoms with Gasteiger partial charge in [0.05, 0.1) is 16.8 Å². The number of rotatable bonds is 2. The number of ketones is 1. The van der Waals surface area contributed by atoms with E-state index in [1.165, 1.54) is 21.9 Å². The molecule has 2 aliphatic rings. The zero-order chi connectivity index (χ0) is 14.3. The highest BCUT2D eigenvalue weighted by atomic mass is 32.2. The van der Waals surface area contributed by atoms with E-state index >= 15 is 0 Å². The molecule has 1 saturated heterocycles. The van der Waals surface area contributed by atoms with Crippen LogP contribution in [0.1, 0.15) is 28.2 Å². The number of hydrogen-bond donors (Lipinski definition) is 0. The van der Waals surface area contributed by atoms with Crippen molar-refractivity contribution in [3.63, 3.8) is 0 Å². The number of aromatic nitrogens is 1. The van der Waals surface area contributed by atoms with E-state index in [2.05, 4.69) is 9.88 Å². The average Bonchev–Trinajstić information content (AvgIpc) is 2.83. The van der Waals surface area contributed by atoms with Gasteiger partial charge in [0, 0.05) is 32.6 Å². The molecule has 0 aromatic carbocycles. The van der Waals surface area contributed by atoms with Crippen LogP contribution in [0.15, 0.2) is 0 Å². The van der Waals surface area contributed by atoms with Gasteiger partial charge in [-0.25, -0.2) is 13.4 Å². The Balaban J connectivity index is 1.74. The molecule has 1 fully saturated rings. The second kappa shape index (κ2) is 5.09.